The molecule has 0 bridgehead atoms. The summed E-state index contributed by atoms with van der Waals surface area (Å²) in [6.45, 7) is 6.76. The second-order valence-corrected chi connectivity index (χ2v) is 5.32. The highest BCUT2D eigenvalue weighted by atomic mass is 16.5. The van der Waals surface area contributed by atoms with E-state index in [0.717, 1.165) is 0 Å². The van der Waals surface area contributed by atoms with E-state index in [1.807, 2.05) is 18.7 Å². The van der Waals surface area contributed by atoms with Gasteiger partial charge in [-0.2, -0.15) is 0 Å². The first-order valence-corrected chi connectivity index (χ1v) is 6.86. The lowest BCUT2D eigenvalue weighted by atomic mass is 9.98. The zero-order chi connectivity index (χ0) is 15.6. The minimum atomic E-state index is -0.743. The van der Waals surface area contributed by atoms with Gasteiger partial charge in [-0.3, -0.25) is 4.79 Å². The zero-order valence-corrected chi connectivity index (χ0v) is 12.5. The Kier molecular flexibility index (Phi) is 4.02. The van der Waals surface area contributed by atoms with Crippen molar-refractivity contribution in [3.8, 4) is 0 Å². The Morgan fingerprint density at radius 1 is 1.57 bits per heavy atom. The molecule has 1 aromatic rings. The molecule has 0 aromatic carbocycles. The Morgan fingerprint density at radius 2 is 2.29 bits per heavy atom. The lowest BCUT2D eigenvalue weighted by molar-refractivity contribution is -0.126. The molecule has 0 atom stereocenters. The fourth-order valence-corrected chi connectivity index (χ4v) is 2.29. The third-order valence-electron chi connectivity index (χ3n) is 3.54. The number of hydrogen-bond donors (Lipinski definition) is 2. The van der Waals surface area contributed by atoms with E-state index < -0.39 is 11.5 Å². The number of aromatic nitrogens is 1. The molecule has 1 aliphatic heterocycles. The van der Waals surface area contributed by atoms with Gasteiger partial charge in [0.2, 0.25) is 5.91 Å². The maximum absolute atomic E-state index is 12.0. The molecule has 1 amide bonds. The van der Waals surface area contributed by atoms with Crippen molar-refractivity contribution in [1.29, 1.82) is 0 Å². The normalized spacial score (nSPS) is 17.3. The predicted molar refractivity (Wildman–Crippen MR) is 79.0 cm³/mol. The third kappa shape index (κ3) is 2.76. The van der Waals surface area contributed by atoms with Gasteiger partial charge < -0.3 is 20.7 Å². The fourth-order valence-electron chi connectivity index (χ4n) is 2.29. The monoisotopic (exact) mass is 292 g/mol. The highest BCUT2D eigenvalue weighted by Crippen LogP contribution is 2.27. The molecule has 0 unspecified atom stereocenters. The second-order valence-electron chi connectivity index (χ2n) is 5.32. The van der Waals surface area contributed by atoms with E-state index in [9.17, 15) is 9.59 Å². The van der Waals surface area contributed by atoms with Crippen LogP contribution in [0.15, 0.2) is 12.3 Å². The molecule has 1 aliphatic rings. The number of nitrogen functional groups attached to an aromatic ring is 1. The van der Waals surface area contributed by atoms with Crippen molar-refractivity contribution in [3.63, 3.8) is 0 Å². The van der Waals surface area contributed by atoms with E-state index in [0.29, 0.717) is 18.9 Å². The highest BCUT2D eigenvalue weighted by Gasteiger charge is 2.38. The van der Waals surface area contributed by atoms with Crippen LogP contribution in [0.1, 0.15) is 31.1 Å². The molecule has 7 nitrogen and oxygen atoms in total. The summed E-state index contributed by atoms with van der Waals surface area (Å²) in [5.74, 6) is -0.0323. The van der Waals surface area contributed by atoms with Crippen LogP contribution in [-0.4, -0.2) is 42.1 Å². The molecular formula is C14H20N4O3. The van der Waals surface area contributed by atoms with Gasteiger partial charge in [0.15, 0.2) is 0 Å². The molecule has 0 spiro atoms. The summed E-state index contributed by atoms with van der Waals surface area (Å²) in [5.41, 5.74) is 5.57. The van der Waals surface area contributed by atoms with Crippen LogP contribution < -0.4 is 16.0 Å². The number of rotatable bonds is 3. The van der Waals surface area contributed by atoms with Crippen molar-refractivity contribution in [2.24, 2.45) is 0 Å². The number of nitrogens with two attached hydrogens (primary N) is 1. The number of carbonyl (C=O) groups is 2. The van der Waals surface area contributed by atoms with E-state index in [1.54, 1.807) is 13.0 Å². The van der Waals surface area contributed by atoms with E-state index in [1.165, 1.54) is 6.20 Å². The first-order valence-electron chi connectivity index (χ1n) is 6.86. The number of amides is 1. The van der Waals surface area contributed by atoms with Crippen molar-refractivity contribution >= 4 is 23.4 Å². The lowest BCUT2D eigenvalue weighted by Gasteiger charge is -2.42. The van der Waals surface area contributed by atoms with Gasteiger partial charge in [-0.15, -0.1) is 0 Å². The van der Waals surface area contributed by atoms with Gasteiger partial charge in [-0.05, 0) is 26.8 Å². The number of hydrogen-bond acceptors (Lipinski definition) is 6. The summed E-state index contributed by atoms with van der Waals surface area (Å²) in [6.07, 6.45) is 1.42. The number of pyridine rings is 1. The first kappa shape index (κ1) is 15.1. The molecule has 1 fully saturated rings. The quantitative estimate of drug-likeness (QED) is 0.790. The Bertz CT molecular complexity index is 571. The van der Waals surface area contributed by atoms with E-state index >= 15 is 0 Å². The smallest absolute Gasteiger partial charge is 0.340 e. The van der Waals surface area contributed by atoms with Crippen molar-refractivity contribution in [3.05, 3.63) is 17.8 Å². The molecule has 1 aromatic heterocycles. The Morgan fingerprint density at radius 3 is 2.95 bits per heavy atom. The van der Waals surface area contributed by atoms with E-state index in [-0.39, 0.29) is 23.8 Å². The van der Waals surface area contributed by atoms with E-state index in [2.05, 4.69) is 10.3 Å². The van der Waals surface area contributed by atoms with Gasteiger partial charge in [0.05, 0.1) is 24.1 Å². The maximum atomic E-state index is 12.0. The zero-order valence-electron chi connectivity index (χ0n) is 12.5. The van der Waals surface area contributed by atoms with Crippen molar-refractivity contribution < 1.29 is 14.3 Å². The van der Waals surface area contributed by atoms with Crippen LogP contribution in [0.5, 0.6) is 0 Å². The first-order chi connectivity index (χ1) is 9.87. The minimum Gasteiger partial charge on any atom is -0.462 e. The van der Waals surface area contributed by atoms with Crippen LogP contribution in [0.25, 0.3) is 0 Å². The summed E-state index contributed by atoms with van der Waals surface area (Å²) < 4.78 is 4.98. The average molecular weight is 292 g/mol. The molecule has 3 N–H and O–H groups in total. The standard InChI is InChI=1S/C14H20N4O3/c1-4-21-12(19)9-7-11(17-8-10(9)15)18-6-5-16-13(20)14(18,2)3/h7-8H,4-6,15H2,1-3H3,(H,16,20). The van der Waals surface area contributed by atoms with Gasteiger partial charge in [0.25, 0.3) is 0 Å². The number of piperazine rings is 1. The van der Waals surface area contributed by atoms with Gasteiger partial charge in [0.1, 0.15) is 11.4 Å². The summed E-state index contributed by atoms with van der Waals surface area (Å²) in [4.78, 5) is 30.0. The number of anilines is 2. The Labute approximate surface area is 123 Å². The summed E-state index contributed by atoms with van der Waals surface area (Å²) in [7, 11) is 0. The van der Waals surface area contributed by atoms with Crippen LogP contribution in [0.3, 0.4) is 0 Å². The molecule has 0 saturated carbocycles. The Balaban J connectivity index is 2.38. The third-order valence-corrected chi connectivity index (χ3v) is 3.54. The van der Waals surface area contributed by atoms with Gasteiger partial charge in [-0.1, -0.05) is 0 Å². The summed E-state index contributed by atoms with van der Waals surface area (Å²) in [6, 6.07) is 1.58. The summed E-state index contributed by atoms with van der Waals surface area (Å²) >= 11 is 0. The molecule has 0 radical (unpaired) electrons. The molecule has 2 heterocycles. The average Bonchev–Trinajstić information content (AvgIpc) is 2.43. The van der Waals surface area contributed by atoms with Crippen LogP contribution in [0.4, 0.5) is 11.5 Å². The maximum Gasteiger partial charge on any atom is 0.340 e. The second kappa shape index (κ2) is 5.59. The molecule has 7 heteroatoms. The number of nitrogens with one attached hydrogen (secondary N) is 1. The van der Waals surface area contributed by atoms with Crippen molar-refractivity contribution in [2.45, 2.75) is 26.3 Å². The summed E-state index contributed by atoms with van der Waals surface area (Å²) in [5, 5.41) is 2.82. The molecule has 0 aliphatic carbocycles. The molecule has 114 valence electrons. The molecule has 21 heavy (non-hydrogen) atoms. The Hall–Kier alpha value is -2.31. The predicted octanol–water partition coefficient (Wildman–Crippen LogP) is 0.555. The fraction of sp³-hybridized carbons (Fsp3) is 0.500. The largest absolute Gasteiger partial charge is 0.462 e. The van der Waals surface area contributed by atoms with Gasteiger partial charge in [0, 0.05) is 13.1 Å². The van der Waals surface area contributed by atoms with Crippen LogP contribution in [0.2, 0.25) is 0 Å². The van der Waals surface area contributed by atoms with Crippen LogP contribution in [-0.2, 0) is 9.53 Å². The molecule has 2 rings (SSSR count). The molecule has 1 saturated heterocycles. The van der Waals surface area contributed by atoms with Crippen LogP contribution >= 0.6 is 0 Å². The van der Waals surface area contributed by atoms with Gasteiger partial charge >= 0.3 is 5.97 Å². The number of nitrogens with zero attached hydrogens (tertiary/aromatic N) is 2. The number of esters is 1. The highest BCUT2D eigenvalue weighted by molar-refractivity contribution is 5.96. The lowest BCUT2D eigenvalue weighted by Crippen LogP contribution is -2.62. The minimum absolute atomic E-state index is 0.0786. The van der Waals surface area contributed by atoms with Gasteiger partial charge in [-0.25, -0.2) is 9.78 Å². The van der Waals surface area contributed by atoms with Crippen molar-refractivity contribution in [2.75, 3.05) is 30.3 Å². The SMILES string of the molecule is CCOC(=O)c1cc(N2CCNC(=O)C2(C)C)ncc1N. The molecular weight excluding hydrogens is 272 g/mol. The topological polar surface area (TPSA) is 97.5 Å². The van der Waals surface area contributed by atoms with Crippen molar-refractivity contribution in [1.82, 2.24) is 10.3 Å². The number of ether oxygens (including phenoxy) is 1. The number of carbonyl (C=O) groups excluding carboxylic acids is 2. The van der Waals surface area contributed by atoms with Crippen LogP contribution in [0, 0.1) is 0 Å². The van der Waals surface area contributed by atoms with E-state index in [4.69, 9.17) is 10.5 Å².